The minimum atomic E-state index is -0.0366. The standard InChI is InChI=1S/C23H24N4O3S/c1-3-9-26-10-8-14-17(6-7-20(30-2)21(14)26)27-22(24-25-23(27)31)16-11-15(13-4-5-13)18(28)12-19(16)29/h6-8,10-13,28-29H,3-5,9H2,1-2H3,(H,25,31). The fourth-order valence-corrected chi connectivity index (χ4v) is 4.49. The van der Waals surface area contributed by atoms with Gasteiger partial charge in [0.05, 0.1) is 23.9 Å². The number of aromatic amines is 1. The number of ether oxygens (including phenoxy) is 1. The third kappa shape index (κ3) is 3.18. The molecule has 1 aliphatic carbocycles. The van der Waals surface area contributed by atoms with Crippen molar-refractivity contribution in [2.75, 3.05) is 7.11 Å². The Morgan fingerprint density at radius 1 is 1.19 bits per heavy atom. The monoisotopic (exact) mass is 436 g/mol. The molecular weight excluding hydrogens is 412 g/mol. The lowest BCUT2D eigenvalue weighted by molar-refractivity contribution is 0.417. The van der Waals surface area contributed by atoms with E-state index in [4.69, 9.17) is 17.0 Å². The van der Waals surface area contributed by atoms with Crippen LogP contribution < -0.4 is 4.74 Å². The zero-order valence-corrected chi connectivity index (χ0v) is 18.2. The number of aromatic hydroxyl groups is 2. The summed E-state index contributed by atoms with van der Waals surface area (Å²) in [6.07, 6.45) is 5.12. The van der Waals surface area contributed by atoms with Crippen molar-refractivity contribution >= 4 is 23.1 Å². The van der Waals surface area contributed by atoms with Gasteiger partial charge in [0, 0.05) is 24.2 Å². The Morgan fingerprint density at radius 2 is 2.00 bits per heavy atom. The van der Waals surface area contributed by atoms with Gasteiger partial charge in [0.15, 0.2) is 10.6 Å². The first-order valence-electron chi connectivity index (χ1n) is 10.4. The van der Waals surface area contributed by atoms with Crippen LogP contribution in [0.1, 0.15) is 37.7 Å². The molecule has 5 rings (SSSR count). The number of fused-ring (bicyclic) bond motifs is 1. The van der Waals surface area contributed by atoms with E-state index in [9.17, 15) is 10.2 Å². The molecule has 1 aliphatic rings. The number of phenols is 2. The molecule has 7 nitrogen and oxygen atoms in total. The van der Waals surface area contributed by atoms with Gasteiger partial charge in [0.1, 0.15) is 17.2 Å². The van der Waals surface area contributed by atoms with Gasteiger partial charge in [0.25, 0.3) is 0 Å². The van der Waals surface area contributed by atoms with E-state index in [-0.39, 0.29) is 11.5 Å². The van der Waals surface area contributed by atoms with Crippen molar-refractivity contribution in [3.8, 4) is 34.3 Å². The summed E-state index contributed by atoms with van der Waals surface area (Å²) in [4.78, 5) is 0. The molecule has 1 fully saturated rings. The Hall–Kier alpha value is -3.26. The molecule has 3 N–H and O–H groups in total. The van der Waals surface area contributed by atoms with Crippen LogP contribution in [0.15, 0.2) is 36.5 Å². The van der Waals surface area contributed by atoms with Gasteiger partial charge in [0.2, 0.25) is 0 Å². The topological polar surface area (TPSA) is 88.2 Å². The number of hydrogen-bond donors (Lipinski definition) is 3. The predicted octanol–water partition coefficient (Wildman–Crippen LogP) is 5.26. The summed E-state index contributed by atoms with van der Waals surface area (Å²) in [6.45, 7) is 3.01. The number of aryl methyl sites for hydroxylation is 1. The van der Waals surface area contributed by atoms with Crippen LogP contribution in [-0.2, 0) is 6.54 Å². The van der Waals surface area contributed by atoms with E-state index in [0.29, 0.717) is 22.1 Å². The van der Waals surface area contributed by atoms with Crippen molar-refractivity contribution in [1.82, 2.24) is 19.3 Å². The molecule has 160 valence electrons. The largest absolute Gasteiger partial charge is 0.508 e. The summed E-state index contributed by atoms with van der Waals surface area (Å²) in [7, 11) is 1.67. The fourth-order valence-electron chi connectivity index (χ4n) is 4.26. The SMILES string of the molecule is CCCn1ccc2c(-n3c(-c4cc(C5CC5)c(O)cc4O)n[nH]c3=S)ccc(OC)c21. The number of aromatic nitrogens is 4. The number of rotatable bonds is 6. The zero-order chi connectivity index (χ0) is 21.7. The van der Waals surface area contributed by atoms with E-state index < -0.39 is 0 Å². The third-order valence-corrected chi connectivity index (χ3v) is 6.14. The van der Waals surface area contributed by atoms with Gasteiger partial charge in [-0.25, -0.2) is 0 Å². The quantitative estimate of drug-likeness (QED) is 0.359. The van der Waals surface area contributed by atoms with Crippen LogP contribution in [0.3, 0.4) is 0 Å². The highest BCUT2D eigenvalue weighted by Crippen LogP contribution is 2.47. The molecule has 0 unspecified atom stereocenters. The number of benzene rings is 2. The van der Waals surface area contributed by atoms with Crippen LogP contribution in [0.5, 0.6) is 17.2 Å². The molecule has 2 heterocycles. The van der Waals surface area contributed by atoms with Crippen molar-refractivity contribution in [3.05, 3.63) is 46.9 Å². The molecule has 0 aliphatic heterocycles. The molecular formula is C23H24N4O3S. The van der Waals surface area contributed by atoms with Crippen LogP contribution in [0.2, 0.25) is 0 Å². The van der Waals surface area contributed by atoms with Gasteiger partial charge in [-0.05, 0) is 67.2 Å². The predicted molar refractivity (Wildman–Crippen MR) is 122 cm³/mol. The molecule has 4 aromatic rings. The van der Waals surface area contributed by atoms with E-state index in [1.165, 1.54) is 6.07 Å². The maximum absolute atomic E-state index is 10.6. The van der Waals surface area contributed by atoms with E-state index in [0.717, 1.165) is 53.7 Å². The maximum atomic E-state index is 10.6. The summed E-state index contributed by atoms with van der Waals surface area (Å²) >= 11 is 5.58. The van der Waals surface area contributed by atoms with Crippen molar-refractivity contribution in [3.63, 3.8) is 0 Å². The van der Waals surface area contributed by atoms with E-state index in [1.807, 2.05) is 35.0 Å². The van der Waals surface area contributed by atoms with E-state index in [1.54, 1.807) is 7.11 Å². The molecule has 0 bridgehead atoms. The highest BCUT2D eigenvalue weighted by Gasteiger charge is 2.29. The second-order valence-corrected chi connectivity index (χ2v) is 8.34. The van der Waals surface area contributed by atoms with Crippen LogP contribution in [0, 0.1) is 4.77 Å². The number of methoxy groups -OCH3 is 1. The van der Waals surface area contributed by atoms with E-state index >= 15 is 0 Å². The first-order valence-corrected chi connectivity index (χ1v) is 10.8. The van der Waals surface area contributed by atoms with Crippen LogP contribution in [0.25, 0.3) is 28.0 Å². The fraction of sp³-hybridized carbons (Fsp3) is 0.304. The zero-order valence-electron chi connectivity index (χ0n) is 17.4. The lowest BCUT2D eigenvalue weighted by Gasteiger charge is -2.14. The molecule has 0 atom stereocenters. The minimum absolute atomic E-state index is 0.0366. The molecule has 31 heavy (non-hydrogen) atoms. The summed E-state index contributed by atoms with van der Waals surface area (Å²) in [5.74, 6) is 1.69. The van der Waals surface area contributed by atoms with Gasteiger partial charge >= 0.3 is 0 Å². The summed E-state index contributed by atoms with van der Waals surface area (Å²) in [5.41, 5.74) is 3.20. The third-order valence-electron chi connectivity index (χ3n) is 5.87. The van der Waals surface area contributed by atoms with Crippen LogP contribution in [0.4, 0.5) is 0 Å². The lowest BCUT2D eigenvalue weighted by atomic mass is 10.0. The molecule has 0 saturated heterocycles. The number of nitrogens with one attached hydrogen (secondary N) is 1. The molecule has 1 saturated carbocycles. The van der Waals surface area contributed by atoms with Gasteiger partial charge in [-0.3, -0.25) is 9.67 Å². The number of nitrogens with zero attached hydrogens (tertiary/aromatic N) is 3. The Kier molecular flexibility index (Phi) is 4.74. The molecule has 2 aromatic heterocycles. The highest BCUT2D eigenvalue weighted by molar-refractivity contribution is 7.71. The van der Waals surface area contributed by atoms with Gasteiger partial charge in [-0.2, -0.15) is 5.10 Å². The Labute approximate surface area is 184 Å². The maximum Gasteiger partial charge on any atom is 0.200 e. The molecule has 0 amide bonds. The van der Waals surface area contributed by atoms with E-state index in [2.05, 4.69) is 21.7 Å². The van der Waals surface area contributed by atoms with Gasteiger partial charge in [-0.15, -0.1) is 0 Å². The summed E-state index contributed by atoms with van der Waals surface area (Å²) in [5, 5.41) is 29.2. The highest BCUT2D eigenvalue weighted by atomic mass is 32.1. The molecule has 8 heteroatoms. The normalized spacial score (nSPS) is 13.7. The molecule has 0 spiro atoms. The average Bonchev–Trinajstić information content (AvgIpc) is 3.40. The molecule has 2 aromatic carbocycles. The average molecular weight is 437 g/mol. The summed E-state index contributed by atoms with van der Waals surface area (Å²) < 4.78 is 10.0. The molecule has 0 radical (unpaired) electrons. The van der Waals surface area contributed by atoms with Crippen molar-refractivity contribution < 1.29 is 14.9 Å². The second-order valence-electron chi connectivity index (χ2n) is 7.95. The first kappa shape index (κ1) is 19.7. The lowest BCUT2D eigenvalue weighted by Crippen LogP contribution is -2.02. The van der Waals surface area contributed by atoms with Crippen LogP contribution in [-0.4, -0.2) is 36.7 Å². The second kappa shape index (κ2) is 7.46. The minimum Gasteiger partial charge on any atom is -0.508 e. The number of H-pyrrole nitrogens is 1. The van der Waals surface area contributed by atoms with Crippen molar-refractivity contribution in [1.29, 1.82) is 0 Å². The first-order chi connectivity index (χ1) is 15.0. The van der Waals surface area contributed by atoms with Gasteiger partial charge in [-0.1, -0.05) is 6.92 Å². The van der Waals surface area contributed by atoms with Crippen molar-refractivity contribution in [2.45, 2.75) is 38.6 Å². The number of hydrogen-bond acceptors (Lipinski definition) is 5. The summed E-state index contributed by atoms with van der Waals surface area (Å²) in [6, 6.07) is 9.15. The Morgan fingerprint density at radius 3 is 2.71 bits per heavy atom. The smallest absolute Gasteiger partial charge is 0.200 e. The number of phenolic OH excluding ortho intramolecular Hbond substituents is 2. The van der Waals surface area contributed by atoms with Gasteiger partial charge < -0.3 is 19.5 Å². The Balaban J connectivity index is 1.75. The van der Waals surface area contributed by atoms with Crippen LogP contribution >= 0.6 is 12.2 Å². The Bertz CT molecular complexity index is 1350. The van der Waals surface area contributed by atoms with Crippen molar-refractivity contribution in [2.24, 2.45) is 0 Å².